The maximum Gasteiger partial charge on any atom is 0.356 e. The van der Waals surface area contributed by atoms with E-state index in [2.05, 4.69) is 40.5 Å². The highest BCUT2D eigenvalue weighted by Crippen LogP contribution is 2.18. The van der Waals surface area contributed by atoms with Crippen LogP contribution in [0.15, 0.2) is 61.1 Å². The Bertz CT molecular complexity index is 1360. The summed E-state index contributed by atoms with van der Waals surface area (Å²) < 4.78 is 5.46. The van der Waals surface area contributed by atoms with Gasteiger partial charge in [-0.3, -0.25) is 0 Å². The number of nitrogens with one attached hydrogen (secondary N) is 2. The second kappa shape index (κ2) is 11.6. The Hall–Kier alpha value is -4.31. The molecule has 0 spiro atoms. The van der Waals surface area contributed by atoms with Crippen molar-refractivity contribution in [3.05, 3.63) is 83.8 Å². The summed E-state index contributed by atoms with van der Waals surface area (Å²) in [6.45, 7) is 4.31. The van der Waals surface area contributed by atoms with E-state index in [9.17, 15) is 4.79 Å². The zero-order valence-electron chi connectivity index (χ0n) is 20.6. The van der Waals surface area contributed by atoms with Crippen LogP contribution in [0.4, 0.5) is 11.6 Å². The molecule has 1 fully saturated rings. The average Bonchev–Trinajstić information content (AvgIpc) is 2.93. The third-order valence-corrected chi connectivity index (χ3v) is 6.04. The molecule has 5 rings (SSSR count). The standard InChI is InChI=1S/C27H28N8O2/c1-18-3-2-4-21(32-18)26-30-14-10-24(35-26)33-23-9-13-29-25(34-23)15-20-5-6-22(31-16-20)27(36)37-17-19-7-11-28-12-8-19/h2-6,9-10,13-14,16,19,28H,7-8,11-12,15,17H2,1H3,(H,29,30,33,34,35). The molecule has 0 amide bonds. The Balaban J connectivity index is 1.20. The van der Waals surface area contributed by atoms with Crippen LogP contribution in [0.5, 0.6) is 0 Å². The minimum atomic E-state index is -0.391. The summed E-state index contributed by atoms with van der Waals surface area (Å²) >= 11 is 0. The molecular formula is C27H28N8O2. The van der Waals surface area contributed by atoms with Crippen molar-refractivity contribution in [2.75, 3.05) is 25.0 Å². The van der Waals surface area contributed by atoms with E-state index in [4.69, 9.17) is 4.74 Å². The van der Waals surface area contributed by atoms with E-state index in [-0.39, 0.29) is 0 Å². The van der Waals surface area contributed by atoms with E-state index in [0.717, 1.165) is 37.2 Å². The van der Waals surface area contributed by atoms with E-state index in [0.29, 0.717) is 53.6 Å². The molecule has 1 aliphatic heterocycles. The molecule has 4 aromatic rings. The minimum Gasteiger partial charge on any atom is -0.461 e. The molecule has 0 radical (unpaired) electrons. The monoisotopic (exact) mass is 496 g/mol. The number of anilines is 2. The lowest BCUT2D eigenvalue weighted by atomic mass is 9.99. The van der Waals surface area contributed by atoms with Crippen molar-refractivity contribution in [3.63, 3.8) is 0 Å². The molecule has 0 aliphatic carbocycles. The summed E-state index contributed by atoms with van der Waals surface area (Å²) in [4.78, 5) is 39.0. The first-order valence-corrected chi connectivity index (χ1v) is 12.3. The molecule has 4 aromatic heterocycles. The minimum absolute atomic E-state index is 0.302. The van der Waals surface area contributed by atoms with Crippen LogP contribution in [0, 0.1) is 12.8 Å². The number of aryl methyl sites for hydroxylation is 1. The maximum atomic E-state index is 12.4. The van der Waals surface area contributed by atoms with Crippen LogP contribution in [-0.2, 0) is 11.2 Å². The van der Waals surface area contributed by atoms with Crippen LogP contribution in [0.3, 0.4) is 0 Å². The highest BCUT2D eigenvalue weighted by atomic mass is 16.5. The van der Waals surface area contributed by atoms with E-state index in [1.807, 2.05) is 31.2 Å². The molecule has 1 aliphatic rings. The van der Waals surface area contributed by atoms with Crippen LogP contribution >= 0.6 is 0 Å². The van der Waals surface area contributed by atoms with Gasteiger partial charge in [0, 0.05) is 30.7 Å². The van der Waals surface area contributed by atoms with Crippen LogP contribution in [0.1, 0.15) is 40.4 Å². The Morgan fingerprint density at radius 2 is 1.78 bits per heavy atom. The zero-order valence-corrected chi connectivity index (χ0v) is 20.6. The number of rotatable bonds is 8. The number of esters is 1. The fourth-order valence-corrected chi connectivity index (χ4v) is 4.05. The fraction of sp³-hybridized carbons (Fsp3) is 0.296. The van der Waals surface area contributed by atoms with Crippen molar-refractivity contribution in [1.82, 2.24) is 35.2 Å². The van der Waals surface area contributed by atoms with Crippen molar-refractivity contribution in [3.8, 4) is 11.5 Å². The number of carbonyl (C=O) groups excluding carboxylic acids is 1. The van der Waals surface area contributed by atoms with Gasteiger partial charge in [0.15, 0.2) is 5.82 Å². The summed E-state index contributed by atoms with van der Waals surface area (Å²) in [7, 11) is 0. The molecule has 0 atom stereocenters. The van der Waals surface area contributed by atoms with Gasteiger partial charge in [0.1, 0.15) is 28.8 Å². The lowest BCUT2D eigenvalue weighted by Gasteiger charge is -2.21. The van der Waals surface area contributed by atoms with Crippen molar-refractivity contribution < 1.29 is 9.53 Å². The topological polar surface area (TPSA) is 128 Å². The largest absolute Gasteiger partial charge is 0.461 e. The molecule has 0 bridgehead atoms. The first kappa shape index (κ1) is 24.4. The number of hydrogen-bond donors (Lipinski definition) is 2. The molecule has 5 heterocycles. The lowest BCUT2D eigenvalue weighted by Crippen LogP contribution is -2.30. The zero-order chi connectivity index (χ0) is 25.5. The fourth-order valence-electron chi connectivity index (χ4n) is 4.05. The molecule has 37 heavy (non-hydrogen) atoms. The van der Waals surface area contributed by atoms with Crippen LogP contribution < -0.4 is 10.6 Å². The van der Waals surface area contributed by atoms with Gasteiger partial charge in [-0.25, -0.2) is 34.7 Å². The predicted molar refractivity (Wildman–Crippen MR) is 138 cm³/mol. The third-order valence-electron chi connectivity index (χ3n) is 6.04. The summed E-state index contributed by atoms with van der Waals surface area (Å²) in [6, 6.07) is 12.8. The molecule has 188 valence electrons. The number of ether oxygens (including phenoxy) is 1. The number of hydrogen-bond acceptors (Lipinski definition) is 10. The van der Waals surface area contributed by atoms with Crippen molar-refractivity contribution in [1.29, 1.82) is 0 Å². The summed E-state index contributed by atoms with van der Waals surface area (Å²) in [5, 5.41) is 6.52. The molecule has 0 aromatic carbocycles. The Labute approximate surface area is 215 Å². The number of pyridine rings is 2. The van der Waals surface area contributed by atoms with E-state index >= 15 is 0 Å². The van der Waals surface area contributed by atoms with E-state index in [1.165, 1.54) is 0 Å². The second-order valence-corrected chi connectivity index (χ2v) is 8.93. The Kier molecular flexibility index (Phi) is 7.66. The van der Waals surface area contributed by atoms with Gasteiger partial charge in [0.25, 0.3) is 0 Å². The Morgan fingerprint density at radius 3 is 2.57 bits per heavy atom. The number of piperidine rings is 1. The Morgan fingerprint density at radius 1 is 0.973 bits per heavy atom. The second-order valence-electron chi connectivity index (χ2n) is 8.93. The van der Waals surface area contributed by atoms with Crippen LogP contribution in [0.2, 0.25) is 0 Å². The summed E-state index contributed by atoms with van der Waals surface area (Å²) in [5.41, 5.74) is 2.80. The van der Waals surface area contributed by atoms with Crippen molar-refractivity contribution in [2.24, 2.45) is 5.92 Å². The first-order chi connectivity index (χ1) is 18.1. The molecule has 0 saturated carbocycles. The van der Waals surface area contributed by atoms with Gasteiger partial charge in [-0.2, -0.15) is 0 Å². The highest BCUT2D eigenvalue weighted by molar-refractivity contribution is 5.87. The van der Waals surface area contributed by atoms with Gasteiger partial charge in [-0.1, -0.05) is 12.1 Å². The van der Waals surface area contributed by atoms with Crippen LogP contribution in [-0.4, -0.2) is 55.6 Å². The quantitative estimate of drug-likeness (QED) is 0.350. The van der Waals surface area contributed by atoms with Gasteiger partial charge in [0.05, 0.1) is 6.61 Å². The van der Waals surface area contributed by atoms with Crippen molar-refractivity contribution >= 4 is 17.6 Å². The molecular weight excluding hydrogens is 468 g/mol. The number of nitrogens with zero attached hydrogens (tertiary/aromatic N) is 6. The van der Waals surface area contributed by atoms with Gasteiger partial charge < -0.3 is 15.4 Å². The highest BCUT2D eigenvalue weighted by Gasteiger charge is 2.17. The third kappa shape index (κ3) is 6.68. The molecule has 1 saturated heterocycles. The maximum absolute atomic E-state index is 12.4. The normalized spacial score (nSPS) is 13.8. The molecule has 0 unspecified atom stereocenters. The van der Waals surface area contributed by atoms with E-state index in [1.54, 1.807) is 36.8 Å². The molecule has 10 heteroatoms. The predicted octanol–water partition coefficient (Wildman–Crippen LogP) is 3.52. The summed E-state index contributed by atoms with van der Waals surface area (Å²) in [6.07, 6.45) is 7.55. The van der Waals surface area contributed by atoms with Crippen LogP contribution in [0.25, 0.3) is 11.5 Å². The van der Waals surface area contributed by atoms with Gasteiger partial charge in [-0.15, -0.1) is 0 Å². The van der Waals surface area contributed by atoms with Gasteiger partial charge in [-0.05, 0) is 74.7 Å². The first-order valence-electron chi connectivity index (χ1n) is 12.3. The average molecular weight is 497 g/mol. The molecule has 10 nitrogen and oxygen atoms in total. The molecule has 2 N–H and O–H groups in total. The number of aromatic nitrogens is 6. The lowest BCUT2D eigenvalue weighted by molar-refractivity contribution is 0.0409. The smallest absolute Gasteiger partial charge is 0.356 e. The van der Waals surface area contributed by atoms with Gasteiger partial charge >= 0.3 is 5.97 Å². The number of carbonyl (C=O) groups is 1. The van der Waals surface area contributed by atoms with Gasteiger partial charge in [0.2, 0.25) is 0 Å². The SMILES string of the molecule is Cc1cccc(-c2nccc(Nc3ccnc(Cc4ccc(C(=O)OCC5CCNCC5)nc4)n3)n2)n1. The summed E-state index contributed by atoms with van der Waals surface area (Å²) in [5.74, 6) is 2.38. The van der Waals surface area contributed by atoms with Crippen molar-refractivity contribution in [2.45, 2.75) is 26.2 Å². The van der Waals surface area contributed by atoms with E-state index < -0.39 is 5.97 Å².